The van der Waals surface area contributed by atoms with Crippen LogP contribution in [0.4, 0.5) is 20.3 Å². The largest absolute Gasteiger partial charge is 0.454 e. The van der Waals surface area contributed by atoms with Crippen LogP contribution < -0.4 is 15.2 Å². The van der Waals surface area contributed by atoms with Gasteiger partial charge in [-0.3, -0.25) is 9.52 Å². The second-order valence-corrected chi connectivity index (χ2v) is 10.9. The summed E-state index contributed by atoms with van der Waals surface area (Å²) in [5.74, 6) is -1.97. The van der Waals surface area contributed by atoms with Gasteiger partial charge in [-0.1, -0.05) is 23.7 Å². The maximum atomic E-state index is 15.2. The first-order valence-corrected chi connectivity index (χ1v) is 13.6. The number of ketones is 1. The lowest BCUT2D eigenvalue weighted by Gasteiger charge is -2.13. The molecule has 5 aromatic rings. The highest BCUT2D eigenvalue weighted by molar-refractivity contribution is 7.92. The van der Waals surface area contributed by atoms with E-state index in [1.807, 2.05) is 0 Å². The summed E-state index contributed by atoms with van der Waals surface area (Å²) in [4.78, 5) is 16.2. The number of hydrogen-bond acceptors (Lipinski definition) is 6. The highest BCUT2D eigenvalue weighted by Gasteiger charge is 2.23. The second kappa shape index (κ2) is 9.71. The molecule has 0 aliphatic carbocycles. The average Bonchev–Trinajstić information content (AvgIpc) is 3.42. The van der Waals surface area contributed by atoms with Gasteiger partial charge in [0.2, 0.25) is 15.8 Å². The van der Waals surface area contributed by atoms with Crippen molar-refractivity contribution < 1.29 is 26.7 Å². The zero-order valence-corrected chi connectivity index (χ0v) is 22.0. The van der Waals surface area contributed by atoms with E-state index in [0.717, 1.165) is 17.0 Å². The molecule has 4 N–H and O–H groups in total. The average molecular weight is 572 g/mol. The lowest BCUT2D eigenvalue weighted by molar-refractivity contribution is 0.103. The maximum absolute atomic E-state index is 15.2. The minimum absolute atomic E-state index is 0.00706. The Balaban J connectivity index is 1.46. The van der Waals surface area contributed by atoms with Crippen LogP contribution in [-0.4, -0.2) is 35.2 Å². The molecule has 3 aromatic carbocycles. The molecule has 0 bridgehead atoms. The Morgan fingerprint density at radius 1 is 1.13 bits per heavy atom. The number of nitrogens with two attached hydrogens (primary N) is 1. The Bertz CT molecular complexity index is 1860. The van der Waals surface area contributed by atoms with Gasteiger partial charge >= 0.3 is 0 Å². The minimum Gasteiger partial charge on any atom is -0.454 e. The number of sulfonamides is 1. The van der Waals surface area contributed by atoms with Crippen LogP contribution in [-0.2, 0) is 10.0 Å². The first-order valence-electron chi connectivity index (χ1n) is 11.3. The first-order chi connectivity index (χ1) is 18.4. The topological polar surface area (TPSA) is 132 Å². The third-order valence-corrected chi connectivity index (χ3v) is 6.71. The van der Waals surface area contributed by atoms with Crippen molar-refractivity contribution in [2.24, 2.45) is 0 Å². The summed E-state index contributed by atoms with van der Waals surface area (Å²) in [5, 5.41) is 4.82. The molecular weight excluding hydrogens is 552 g/mol. The van der Waals surface area contributed by atoms with Gasteiger partial charge in [-0.05, 0) is 48.9 Å². The number of aryl methyl sites for hydroxylation is 1. The number of anilines is 2. The predicted octanol–water partition coefficient (Wildman–Crippen LogP) is 5.57. The summed E-state index contributed by atoms with van der Waals surface area (Å²) < 4.78 is 61.2. The molecule has 5 rings (SSSR count). The van der Waals surface area contributed by atoms with Gasteiger partial charge in [0.15, 0.2) is 17.4 Å². The van der Waals surface area contributed by atoms with Crippen LogP contribution in [0.3, 0.4) is 0 Å². The number of carbonyl (C=O) groups excluding carboxylic acids is 1. The van der Waals surface area contributed by atoms with E-state index in [-0.39, 0.29) is 45.0 Å². The summed E-state index contributed by atoms with van der Waals surface area (Å²) in [6.45, 7) is 1.60. The van der Waals surface area contributed by atoms with E-state index in [2.05, 4.69) is 14.8 Å². The fourth-order valence-corrected chi connectivity index (χ4v) is 4.94. The molecule has 13 heteroatoms. The number of H-pyrrole nitrogens is 1. The molecule has 2 aromatic heterocycles. The van der Waals surface area contributed by atoms with Crippen molar-refractivity contribution in [3.8, 4) is 17.2 Å². The van der Waals surface area contributed by atoms with Gasteiger partial charge in [-0.15, -0.1) is 0 Å². The summed E-state index contributed by atoms with van der Waals surface area (Å²) in [7, 11) is -3.58. The number of fused-ring (bicyclic) bond motifs is 1. The van der Waals surface area contributed by atoms with Gasteiger partial charge in [0, 0.05) is 17.0 Å². The van der Waals surface area contributed by atoms with Crippen LogP contribution in [0, 0.1) is 18.6 Å². The van der Waals surface area contributed by atoms with Crippen LogP contribution in [0.1, 0.15) is 21.6 Å². The van der Waals surface area contributed by atoms with E-state index in [1.54, 1.807) is 13.0 Å². The number of hydrogen-bond donors (Lipinski definition) is 3. The van der Waals surface area contributed by atoms with Crippen molar-refractivity contribution in [1.82, 2.24) is 14.8 Å². The number of ether oxygens (including phenoxy) is 1. The number of benzene rings is 3. The third-order valence-electron chi connectivity index (χ3n) is 5.80. The molecule has 200 valence electrons. The zero-order valence-electron chi connectivity index (χ0n) is 20.4. The summed E-state index contributed by atoms with van der Waals surface area (Å²) >= 11 is 6.18. The SMILES string of the molecule is Cc1cc(Oc2ccccc2F)cc(F)c1-n1ncc(C(=O)c2cc3cc(Cl)c(NS(C)(=O)=O)cc3[nH]2)c1N. The monoisotopic (exact) mass is 571 g/mol. The van der Waals surface area contributed by atoms with E-state index < -0.39 is 27.4 Å². The van der Waals surface area contributed by atoms with Gasteiger partial charge < -0.3 is 15.5 Å². The predicted molar refractivity (Wildman–Crippen MR) is 144 cm³/mol. The standard InChI is InChI=1S/C26H20ClF2N5O4S/c1-13-7-15(38-23-6-4-3-5-18(23)28)10-19(29)24(13)34-26(30)16(12-31-34)25(35)22-9-14-8-17(27)21(11-20(14)32-22)33-39(2,36)37/h3-12,32-33H,30H2,1-2H3. The summed E-state index contributed by atoms with van der Waals surface area (Å²) in [5.41, 5.74) is 7.33. The molecule has 2 heterocycles. The van der Waals surface area contributed by atoms with Crippen LogP contribution in [0.25, 0.3) is 16.6 Å². The number of para-hydroxylation sites is 1. The number of nitrogen functional groups attached to an aromatic ring is 1. The van der Waals surface area contributed by atoms with Gasteiger partial charge in [0.1, 0.15) is 17.3 Å². The minimum atomic E-state index is -3.58. The van der Waals surface area contributed by atoms with E-state index in [9.17, 15) is 17.6 Å². The Kier molecular flexibility index (Phi) is 6.52. The highest BCUT2D eigenvalue weighted by Crippen LogP contribution is 2.33. The van der Waals surface area contributed by atoms with Crippen molar-refractivity contribution in [2.45, 2.75) is 6.92 Å². The van der Waals surface area contributed by atoms with Gasteiger partial charge in [0.25, 0.3) is 0 Å². The molecule has 0 aliphatic rings. The van der Waals surface area contributed by atoms with E-state index in [0.29, 0.717) is 16.5 Å². The van der Waals surface area contributed by atoms with Crippen molar-refractivity contribution in [1.29, 1.82) is 0 Å². The first kappa shape index (κ1) is 26.2. The fraction of sp³-hybridized carbons (Fsp3) is 0.0769. The molecule has 0 radical (unpaired) electrons. The molecule has 0 saturated carbocycles. The number of nitrogens with one attached hydrogen (secondary N) is 2. The van der Waals surface area contributed by atoms with Crippen molar-refractivity contribution in [3.05, 3.63) is 94.3 Å². The molecule has 0 saturated heterocycles. The normalized spacial score (nSPS) is 11.6. The Morgan fingerprint density at radius 3 is 2.56 bits per heavy atom. The molecule has 0 aliphatic heterocycles. The van der Waals surface area contributed by atoms with Crippen LogP contribution in [0.15, 0.2) is 60.8 Å². The summed E-state index contributed by atoms with van der Waals surface area (Å²) in [6, 6.07) is 12.8. The van der Waals surface area contributed by atoms with Crippen molar-refractivity contribution >= 4 is 49.8 Å². The van der Waals surface area contributed by atoms with Crippen molar-refractivity contribution in [3.63, 3.8) is 0 Å². The number of halogens is 3. The highest BCUT2D eigenvalue weighted by atomic mass is 35.5. The second-order valence-electron chi connectivity index (χ2n) is 8.76. The summed E-state index contributed by atoms with van der Waals surface area (Å²) in [6.07, 6.45) is 2.21. The van der Waals surface area contributed by atoms with Gasteiger partial charge in [-0.2, -0.15) is 5.10 Å². The van der Waals surface area contributed by atoms with E-state index >= 15 is 4.39 Å². The van der Waals surface area contributed by atoms with E-state index in [4.69, 9.17) is 22.1 Å². The number of aromatic nitrogens is 3. The number of nitrogens with zero attached hydrogens (tertiary/aromatic N) is 2. The van der Waals surface area contributed by atoms with Crippen LogP contribution in [0.2, 0.25) is 5.02 Å². The van der Waals surface area contributed by atoms with Gasteiger partial charge in [0.05, 0.1) is 34.4 Å². The molecule has 0 amide bonds. The molecule has 0 unspecified atom stereocenters. The fourth-order valence-electron chi connectivity index (χ4n) is 4.10. The molecule has 39 heavy (non-hydrogen) atoms. The Hall–Kier alpha value is -4.42. The van der Waals surface area contributed by atoms with Gasteiger partial charge in [-0.25, -0.2) is 21.9 Å². The van der Waals surface area contributed by atoms with E-state index in [1.165, 1.54) is 48.7 Å². The maximum Gasteiger partial charge on any atom is 0.229 e. The Morgan fingerprint density at radius 2 is 1.87 bits per heavy atom. The smallest absolute Gasteiger partial charge is 0.229 e. The molecule has 0 fully saturated rings. The zero-order chi connectivity index (χ0) is 28.1. The van der Waals surface area contributed by atoms with Crippen molar-refractivity contribution in [2.75, 3.05) is 16.7 Å². The number of carbonyl (C=O) groups is 1. The number of rotatable bonds is 7. The molecule has 0 atom stereocenters. The quantitative estimate of drug-likeness (QED) is 0.219. The molecule has 0 spiro atoms. The number of aromatic amines is 1. The van der Waals surface area contributed by atoms with Crippen LogP contribution in [0.5, 0.6) is 11.5 Å². The third kappa shape index (κ3) is 5.16. The lowest BCUT2D eigenvalue weighted by Crippen LogP contribution is -2.10. The molecular formula is C26H20ClF2N5O4S. The Labute approximate surface area is 226 Å². The van der Waals surface area contributed by atoms with Crippen LogP contribution >= 0.6 is 11.6 Å². The molecule has 9 nitrogen and oxygen atoms in total. The lowest BCUT2D eigenvalue weighted by atomic mass is 10.1.